The molecule has 0 amide bonds. The van der Waals surface area contributed by atoms with Crippen molar-refractivity contribution in [1.29, 1.82) is 0 Å². The second-order valence-electron chi connectivity index (χ2n) is 3.80. The molecule has 0 aliphatic heterocycles. The summed E-state index contributed by atoms with van der Waals surface area (Å²) >= 11 is 6.18. The zero-order chi connectivity index (χ0) is 12.3. The summed E-state index contributed by atoms with van der Waals surface area (Å²) in [6.07, 6.45) is 0.273. The zero-order valence-corrected chi connectivity index (χ0v) is 9.79. The van der Waals surface area contributed by atoms with Crippen LogP contribution in [0.5, 0.6) is 0 Å². The molecule has 0 radical (unpaired) electrons. The van der Waals surface area contributed by atoms with Crippen molar-refractivity contribution in [1.82, 2.24) is 0 Å². The van der Waals surface area contributed by atoms with E-state index in [1.54, 1.807) is 6.07 Å². The lowest BCUT2D eigenvalue weighted by atomic mass is 10.0. The minimum atomic E-state index is -0.834. The largest absolute Gasteiger partial charge is 0.204 e. The molecule has 0 N–H and O–H groups in total. The van der Waals surface area contributed by atoms with Crippen LogP contribution in [0.2, 0.25) is 0 Å². The molecular formula is C14H11ClF2. The molecule has 2 aromatic rings. The van der Waals surface area contributed by atoms with Crippen molar-refractivity contribution in [3.8, 4) is 0 Å². The average Bonchev–Trinajstić information content (AvgIpc) is 2.36. The molecular weight excluding hydrogens is 242 g/mol. The van der Waals surface area contributed by atoms with E-state index in [-0.39, 0.29) is 11.8 Å². The van der Waals surface area contributed by atoms with Gasteiger partial charge >= 0.3 is 0 Å². The maximum Gasteiger partial charge on any atom is 0.162 e. The van der Waals surface area contributed by atoms with Crippen molar-refractivity contribution in [2.45, 2.75) is 11.8 Å². The Labute approximate surface area is 104 Å². The minimum Gasteiger partial charge on any atom is -0.204 e. The summed E-state index contributed by atoms with van der Waals surface area (Å²) < 4.78 is 26.5. The van der Waals surface area contributed by atoms with Gasteiger partial charge in [-0.2, -0.15) is 0 Å². The van der Waals surface area contributed by atoms with E-state index in [4.69, 9.17) is 11.6 Å². The van der Waals surface area contributed by atoms with Crippen molar-refractivity contribution in [2.24, 2.45) is 0 Å². The summed E-state index contributed by atoms with van der Waals surface area (Å²) in [6, 6.07) is 13.5. The zero-order valence-electron chi connectivity index (χ0n) is 9.04. The summed E-state index contributed by atoms with van der Waals surface area (Å²) in [7, 11) is 0. The number of benzene rings is 2. The van der Waals surface area contributed by atoms with E-state index in [0.29, 0.717) is 5.56 Å². The normalized spacial score (nSPS) is 12.4. The Balaban J connectivity index is 2.19. The van der Waals surface area contributed by atoms with E-state index in [1.165, 1.54) is 6.07 Å². The summed E-state index contributed by atoms with van der Waals surface area (Å²) in [5, 5.41) is -0.354. The van der Waals surface area contributed by atoms with Gasteiger partial charge in [-0.3, -0.25) is 0 Å². The van der Waals surface area contributed by atoms with Crippen molar-refractivity contribution in [3.63, 3.8) is 0 Å². The Morgan fingerprint density at radius 3 is 2.35 bits per heavy atom. The fraction of sp³-hybridized carbons (Fsp3) is 0.143. The van der Waals surface area contributed by atoms with Crippen LogP contribution in [-0.2, 0) is 6.42 Å². The van der Waals surface area contributed by atoms with Crippen LogP contribution in [0.4, 0.5) is 8.78 Å². The Kier molecular flexibility index (Phi) is 3.75. The summed E-state index contributed by atoms with van der Waals surface area (Å²) in [5.74, 6) is -1.64. The monoisotopic (exact) mass is 252 g/mol. The summed E-state index contributed by atoms with van der Waals surface area (Å²) in [4.78, 5) is 0. The molecule has 0 nitrogen and oxygen atoms in total. The van der Waals surface area contributed by atoms with Gasteiger partial charge in [0.25, 0.3) is 0 Å². The molecule has 0 aliphatic carbocycles. The van der Waals surface area contributed by atoms with E-state index in [0.717, 1.165) is 11.6 Å². The predicted octanol–water partition coefficient (Wildman–Crippen LogP) is 4.49. The first-order chi connectivity index (χ1) is 8.18. The molecule has 0 aliphatic rings. The molecule has 0 fully saturated rings. The van der Waals surface area contributed by atoms with Crippen molar-refractivity contribution in [3.05, 3.63) is 71.3 Å². The maximum atomic E-state index is 13.4. The van der Waals surface area contributed by atoms with Crippen LogP contribution in [-0.4, -0.2) is 0 Å². The highest BCUT2D eigenvalue weighted by Gasteiger charge is 2.13. The second-order valence-corrected chi connectivity index (χ2v) is 4.32. The van der Waals surface area contributed by atoms with Crippen LogP contribution in [0.25, 0.3) is 0 Å². The van der Waals surface area contributed by atoms with Crippen LogP contribution in [0.1, 0.15) is 16.5 Å². The Morgan fingerprint density at radius 2 is 1.65 bits per heavy atom. The van der Waals surface area contributed by atoms with Crippen molar-refractivity contribution in [2.75, 3.05) is 0 Å². The average molecular weight is 253 g/mol. The Morgan fingerprint density at radius 1 is 0.941 bits per heavy atom. The fourth-order valence-electron chi connectivity index (χ4n) is 1.68. The van der Waals surface area contributed by atoms with Crippen LogP contribution in [0, 0.1) is 11.6 Å². The number of hydrogen-bond acceptors (Lipinski definition) is 0. The highest BCUT2D eigenvalue weighted by molar-refractivity contribution is 6.20. The third-order valence-corrected chi connectivity index (χ3v) is 3.00. The molecule has 0 saturated heterocycles. The molecule has 1 atom stereocenters. The first kappa shape index (κ1) is 12.1. The van der Waals surface area contributed by atoms with E-state index >= 15 is 0 Å². The van der Waals surface area contributed by atoms with Gasteiger partial charge in [-0.15, -0.1) is 11.6 Å². The van der Waals surface area contributed by atoms with E-state index in [2.05, 4.69) is 0 Å². The van der Waals surface area contributed by atoms with Gasteiger partial charge in [-0.25, -0.2) is 8.78 Å². The second kappa shape index (κ2) is 5.28. The molecule has 0 spiro atoms. The molecule has 2 aromatic carbocycles. The number of alkyl halides is 1. The first-order valence-electron chi connectivity index (χ1n) is 5.30. The van der Waals surface area contributed by atoms with Gasteiger partial charge < -0.3 is 0 Å². The maximum absolute atomic E-state index is 13.4. The minimum absolute atomic E-state index is 0.273. The third kappa shape index (κ3) is 2.83. The van der Waals surface area contributed by atoms with E-state index in [1.807, 2.05) is 30.3 Å². The highest BCUT2D eigenvalue weighted by atomic mass is 35.5. The Hall–Kier alpha value is -1.41. The molecule has 0 heterocycles. The lowest BCUT2D eigenvalue weighted by molar-refractivity contribution is 0.498. The smallest absolute Gasteiger partial charge is 0.162 e. The lowest BCUT2D eigenvalue weighted by Gasteiger charge is -2.10. The molecule has 0 aromatic heterocycles. The molecule has 3 heteroatoms. The molecule has 17 heavy (non-hydrogen) atoms. The predicted molar refractivity (Wildman–Crippen MR) is 65.1 cm³/mol. The topological polar surface area (TPSA) is 0 Å². The number of rotatable bonds is 3. The first-order valence-corrected chi connectivity index (χ1v) is 5.74. The fourth-order valence-corrected chi connectivity index (χ4v) is 1.99. The van der Waals surface area contributed by atoms with Crippen LogP contribution >= 0.6 is 11.6 Å². The van der Waals surface area contributed by atoms with Gasteiger partial charge in [0.2, 0.25) is 0 Å². The Bertz CT molecular complexity index is 497. The summed E-state index contributed by atoms with van der Waals surface area (Å²) in [6.45, 7) is 0. The molecule has 0 saturated carbocycles. The molecule has 1 unspecified atom stereocenters. The van der Waals surface area contributed by atoms with E-state index < -0.39 is 11.6 Å². The molecule has 88 valence electrons. The lowest BCUT2D eigenvalue weighted by Crippen LogP contribution is -2.00. The van der Waals surface area contributed by atoms with Crippen LogP contribution in [0.3, 0.4) is 0 Å². The molecule has 0 bridgehead atoms. The van der Waals surface area contributed by atoms with Crippen molar-refractivity contribution < 1.29 is 8.78 Å². The van der Waals surface area contributed by atoms with Gasteiger partial charge in [0.15, 0.2) is 11.6 Å². The number of hydrogen-bond donors (Lipinski definition) is 0. The van der Waals surface area contributed by atoms with Gasteiger partial charge in [0, 0.05) is 0 Å². The van der Waals surface area contributed by atoms with Gasteiger partial charge in [0.05, 0.1) is 5.38 Å². The standard InChI is InChI=1S/C14H11ClF2/c15-12(10-5-2-1-3-6-10)9-11-7-4-8-13(16)14(11)17/h1-8,12H,9H2. The van der Waals surface area contributed by atoms with E-state index in [9.17, 15) is 8.78 Å². The molecule has 2 rings (SSSR count). The quantitative estimate of drug-likeness (QED) is 0.706. The van der Waals surface area contributed by atoms with Crippen LogP contribution < -0.4 is 0 Å². The number of halogens is 3. The van der Waals surface area contributed by atoms with Crippen LogP contribution in [0.15, 0.2) is 48.5 Å². The summed E-state index contributed by atoms with van der Waals surface area (Å²) in [5.41, 5.74) is 1.20. The van der Waals surface area contributed by atoms with Crippen molar-refractivity contribution >= 4 is 11.6 Å². The third-order valence-electron chi connectivity index (χ3n) is 2.59. The SMILES string of the molecule is Fc1cccc(CC(Cl)c2ccccc2)c1F. The van der Waals surface area contributed by atoms with Gasteiger partial charge in [-0.05, 0) is 23.6 Å². The van der Waals surface area contributed by atoms with Gasteiger partial charge in [-0.1, -0.05) is 42.5 Å². The van der Waals surface area contributed by atoms with Gasteiger partial charge in [0.1, 0.15) is 0 Å². The highest BCUT2D eigenvalue weighted by Crippen LogP contribution is 2.26.